The van der Waals surface area contributed by atoms with Crippen LogP contribution in [0.15, 0.2) is 47.3 Å². The van der Waals surface area contributed by atoms with Crippen LogP contribution in [0, 0.1) is 0 Å². The minimum Gasteiger partial charge on any atom is -0.487 e. The Bertz CT molecular complexity index is 1400. The summed E-state index contributed by atoms with van der Waals surface area (Å²) in [5.41, 5.74) is 1.12. The molecular formula is C27H27NO5. The number of aromatic nitrogens is 1. The molecule has 0 saturated carbocycles. The molecule has 0 radical (unpaired) electrons. The van der Waals surface area contributed by atoms with Crippen molar-refractivity contribution >= 4 is 22.3 Å². The maximum absolute atomic E-state index is 13.2. The van der Waals surface area contributed by atoms with Gasteiger partial charge in [-0.3, -0.25) is 14.4 Å². The summed E-state index contributed by atoms with van der Waals surface area (Å²) in [6.45, 7) is 7.54. The van der Waals surface area contributed by atoms with Gasteiger partial charge in [-0.2, -0.15) is 0 Å². The molecule has 1 unspecified atom stereocenters. The summed E-state index contributed by atoms with van der Waals surface area (Å²) in [5, 5.41) is 1.27. The van der Waals surface area contributed by atoms with Crippen LogP contribution in [-0.2, 0) is 16.6 Å². The first-order valence-corrected chi connectivity index (χ1v) is 11.2. The van der Waals surface area contributed by atoms with Gasteiger partial charge in [0.05, 0.1) is 23.3 Å². The van der Waals surface area contributed by atoms with Crippen LogP contribution in [0.4, 0.5) is 0 Å². The summed E-state index contributed by atoms with van der Waals surface area (Å²) in [6.07, 6.45) is -0.314. The van der Waals surface area contributed by atoms with Gasteiger partial charge in [-0.25, -0.2) is 0 Å². The summed E-state index contributed by atoms with van der Waals surface area (Å²) in [4.78, 5) is 39.2. The highest BCUT2D eigenvalue weighted by Gasteiger charge is 2.42. The lowest BCUT2D eigenvalue weighted by Crippen LogP contribution is -2.35. The van der Waals surface area contributed by atoms with Crippen molar-refractivity contribution in [3.63, 3.8) is 0 Å². The Hall–Kier alpha value is -3.25. The molecule has 6 heteroatoms. The van der Waals surface area contributed by atoms with Gasteiger partial charge in [0.1, 0.15) is 11.4 Å². The normalized spacial score (nSPS) is 21.2. The second-order valence-corrected chi connectivity index (χ2v) is 10.2. The Balaban J connectivity index is 1.81. The van der Waals surface area contributed by atoms with E-state index in [4.69, 9.17) is 9.47 Å². The molecule has 1 aromatic heterocycles. The minimum atomic E-state index is -0.862. The van der Waals surface area contributed by atoms with Crippen LogP contribution >= 0.6 is 0 Å². The molecule has 0 spiro atoms. The van der Waals surface area contributed by atoms with E-state index >= 15 is 0 Å². The third-order valence-corrected chi connectivity index (χ3v) is 6.47. The number of carbonyl (C=O) groups excluding carboxylic acids is 2. The zero-order chi connectivity index (χ0) is 23.7. The van der Waals surface area contributed by atoms with Gasteiger partial charge < -0.3 is 14.0 Å². The van der Waals surface area contributed by atoms with E-state index in [1.807, 2.05) is 58.0 Å². The van der Waals surface area contributed by atoms with Crippen molar-refractivity contribution in [3.05, 3.63) is 64.1 Å². The number of hydrogen-bond acceptors (Lipinski definition) is 5. The lowest BCUT2D eigenvalue weighted by molar-refractivity contribution is -0.123. The number of pyridine rings is 1. The Labute approximate surface area is 192 Å². The molecule has 3 heterocycles. The van der Waals surface area contributed by atoms with E-state index in [1.165, 1.54) is 4.57 Å². The van der Waals surface area contributed by atoms with Crippen LogP contribution in [0.5, 0.6) is 5.75 Å². The van der Waals surface area contributed by atoms with Gasteiger partial charge in [0.2, 0.25) is 0 Å². The third-order valence-electron chi connectivity index (χ3n) is 6.47. The van der Waals surface area contributed by atoms with Gasteiger partial charge in [0.15, 0.2) is 17.7 Å². The first kappa shape index (κ1) is 21.6. The second-order valence-electron chi connectivity index (χ2n) is 10.2. The van der Waals surface area contributed by atoms with Gasteiger partial charge in [-0.05, 0) is 56.8 Å². The van der Waals surface area contributed by atoms with Crippen molar-refractivity contribution in [2.24, 2.45) is 7.05 Å². The van der Waals surface area contributed by atoms with E-state index in [1.54, 1.807) is 19.2 Å². The largest absolute Gasteiger partial charge is 0.487 e. The molecule has 2 aliphatic heterocycles. The van der Waals surface area contributed by atoms with E-state index < -0.39 is 17.3 Å². The van der Waals surface area contributed by atoms with Crippen molar-refractivity contribution in [2.45, 2.75) is 57.8 Å². The fraction of sp³-hybridized carbons (Fsp3) is 0.370. The molecule has 3 aromatic rings. The van der Waals surface area contributed by atoms with Gasteiger partial charge in [-0.1, -0.05) is 24.3 Å². The molecule has 33 heavy (non-hydrogen) atoms. The smallest absolute Gasteiger partial charge is 0.258 e. The number of fused-ring (bicyclic) bond motifs is 2. The van der Waals surface area contributed by atoms with Gasteiger partial charge >= 0.3 is 0 Å². The maximum Gasteiger partial charge on any atom is 0.258 e. The highest BCUT2D eigenvalue weighted by Crippen LogP contribution is 2.43. The van der Waals surface area contributed by atoms with E-state index in [0.717, 1.165) is 16.5 Å². The van der Waals surface area contributed by atoms with Gasteiger partial charge in [-0.15, -0.1) is 0 Å². The highest BCUT2D eigenvalue weighted by atomic mass is 16.5. The Morgan fingerprint density at radius 2 is 1.61 bits per heavy atom. The second kappa shape index (κ2) is 7.12. The number of Topliss-reactive ketones (excluding diaryl/α,β-unsaturated/α-hetero) is 2. The number of nitrogens with zero attached hydrogens (tertiary/aromatic N) is 1. The SMILES string of the molecule is Cn1c(C2OC(C)(C)CC2=O)c(-c2ccc3c(c2)C(=O)CC(C)(C)O3)c2ccccc2c1=O. The Morgan fingerprint density at radius 3 is 2.27 bits per heavy atom. The monoisotopic (exact) mass is 445 g/mol. The summed E-state index contributed by atoms with van der Waals surface area (Å²) in [7, 11) is 1.67. The third kappa shape index (κ3) is 3.49. The summed E-state index contributed by atoms with van der Waals surface area (Å²) in [5.74, 6) is 0.490. The Kier molecular flexibility index (Phi) is 4.66. The maximum atomic E-state index is 13.2. The van der Waals surface area contributed by atoms with Crippen LogP contribution in [0.1, 0.15) is 62.7 Å². The average molecular weight is 446 g/mol. The molecular weight excluding hydrogens is 418 g/mol. The summed E-state index contributed by atoms with van der Waals surface area (Å²) in [6, 6.07) is 12.8. The Morgan fingerprint density at radius 1 is 0.909 bits per heavy atom. The van der Waals surface area contributed by atoms with Crippen molar-refractivity contribution < 1.29 is 19.1 Å². The molecule has 1 atom stereocenters. The molecule has 6 nitrogen and oxygen atoms in total. The predicted molar refractivity (Wildman–Crippen MR) is 126 cm³/mol. The average Bonchev–Trinajstić information content (AvgIpc) is 3.01. The van der Waals surface area contributed by atoms with Crippen molar-refractivity contribution in [1.29, 1.82) is 0 Å². The number of rotatable bonds is 2. The van der Waals surface area contributed by atoms with Crippen molar-refractivity contribution in [3.8, 4) is 16.9 Å². The van der Waals surface area contributed by atoms with Crippen LogP contribution in [0.3, 0.4) is 0 Å². The number of benzene rings is 2. The fourth-order valence-electron chi connectivity index (χ4n) is 5.05. The number of ether oxygens (including phenoxy) is 2. The highest BCUT2D eigenvalue weighted by molar-refractivity contribution is 6.04. The van der Waals surface area contributed by atoms with Crippen LogP contribution in [0.2, 0.25) is 0 Å². The van der Waals surface area contributed by atoms with E-state index in [2.05, 4.69) is 0 Å². The van der Waals surface area contributed by atoms with E-state index in [-0.39, 0.29) is 30.0 Å². The van der Waals surface area contributed by atoms with Crippen molar-refractivity contribution in [2.75, 3.05) is 0 Å². The van der Waals surface area contributed by atoms with E-state index in [9.17, 15) is 14.4 Å². The topological polar surface area (TPSA) is 74.6 Å². The standard InChI is InChI=1S/C27H27NO5/c1-26(2)13-19(29)18-12-15(10-11-21(18)32-26)22-16-8-6-7-9-17(16)25(31)28(5)23(22)24-20(30)14-27(3,4)33-24/h6-12,24H,13-14H2,1-5H3. The summed E-state index contributed by atoms with van der Waals surface area (Å²) < 4.78 is 13.7. The first-order valence-electron chi connectivity index (χ1n) is 11.2. The van der Waals surface area contributed by atoms with Gasteiger partial charge in [0, 0.05) is 24.4 Å². The zero-order valence-corrected chi connectivity index (χ0v) is 19.5. The molecule has 170 valence electrons. The molecule has 5 rings (SSSR count). The quantitative estimate of drug-likeness (QED) is 0.569. The molecule has 0 N–H and O–H groups in total. The molecule has 2 aromatic carbocycles. The fourth-order valence-corrected chi connectivity index (χ4v) is 5.05. The summed E-state index contributed by atoms with van der Waals surface area (Å²) >= 11 is 0. The molecule has 1 saturated heterocycles. The molecule has 2 aliphatic rings. The number of carbonyl (C=O) groups is 2. The minimum absolute atomic E-state index is 0.00750. The van der Waals surface area contributed by atoms with E-state index in [0.29, 0.717) is 22.4 Å². The lowest BCUT2D eigenvalue weighted by atomic mass is 9.88. The first-order chi connectivity index (χ1) is 15.5. The zero-order valence-electron chi connectivity index (χ0n) is 19.5. The molecule has 0 amide bonds. The van der Waals surface area contributed by atoms with Crippen LogP contribution in [0.25, 0.3) is 21.9 Å². The van der Waals surface area contributed by atoms with Gasteiger partial charge in [0.25, 0.3) is 5.56 Å². The predicted octanol–water partition coefficient (Wildman–Crippen LogP) is 4.76. The lowest BCUT2D eigenvalue weighted by Gasteiger charge is -2.32. The van der Waals surface area contributed by atoms with Crippen LogP contribution < -0.4 is 10.3 Å². The molecule has 0 aliphatic carbocycles. The molecule has 1 fully saturated rings. The number of ketones is 2. The van der Waals surface area contributed by atoms with Crippen molar-refractivity contribution in [1.82, 2.24) is 4.57 Å². The van der Waals surface area contributed by atoms with Crippen LogP contribution in [-0.4, -0.2) is 27.3 Å². The number of hydrogen-bond donors (Lipinski definition) is 0. The molecule has 0 bridgehead atoms.